The minimum atomic E-state index is -0.0954. The van der Waals surface area contributed by atoms with E-state index in [-0.39, 0.29) is 5.56 Å². The molecule has 3 aromatic rings. The monoisotopic (exact) mass is 404 g/mol. The SMILES string of the molecule is O=c1[nH]c(-c2cncnc2)nc2c1CN(Cc1ccc(OC3CCCC3)nc1)CC2. The summed E-state index contributed by atoms with van der Waals surface area (Å²) >= 11 is 0. The molecule has 4 heterocycles. The van der Waals surface area contributed by atoms with Crippen molar-refractivity contribution in [2.24, 2.45) is 0 Å². The Labute approximate surface area is 174 Å². The van der Waals surface area contributed by atoms with Crippen LogP contribution in [0.5, 0.6) is 5.88 Å². The van der Waals surface area contributed by atoms with Gasteiger partial charge in [0.1, 0.15) is 18.3 Å². The van der Waals surface area contributed by atoms with Gasteiger partial charge in [0, 0.05) is 50.7 Å². The number of aromatic nitrogens is 5. The molecule has 0 unspecified atom stereocenters. The van der Waals surface area contributed by atoms with Gasteiger partial charge in [-0.3, -0.25) is 9.69 Å². The first-order valence-electron chi connectivity index (χ1n) is 10.5. The molecule has 0 atom stereocenters. The highest BCUT2D eigenvalue weighted by Crippen LogP contribution is 2.23. The van der Waals surface area contributed by atoms with Crippen molar-refractivity contribution in [3.05, 3.63) is 64.2 Å². The predicted octanol–water partition coefficient (Wildman–Crippen LogP) is 2.50. The Bertz CT molecular complexity index is 1060. The van der Waals surface area contributed by atoms with Crippen LogP contribution in [0.15, 0.2) is 41.8 Å². The minimum Gasteiger partial charge on any atom is -0.474 e. The lowest BCUT2D eigenvalue weighted by Gasteiger charge is -2.27. The number of nitrogens with zero attached hydrogens (tertiary/aromatic N) is 5. The van der Waals surface area contributed by atoms with Gasteiger partial charge in [0.05, 0.1) is 16.8 Å². The first-order chi connectivity index (χ1) is 14.7. The van der Waals surface area contributed by atoms with Crippen molar-refractivity contribution in [2.75, 3.05) is 6.54 Å². The third-order valence-corrected chi connectivity index (χ3v) is 5.78. The second-order valence-electron chi connectivity index (χ2n) is 7.96. The first-order valence-corrected chi connectivity index (χ1v) is 10.5. The van der Waals surface area contributed by atoms with E-state index in [4.69, 9.17) is 4.74 Å². The molecule has 0 radical (unpaired) electrons. The van der Waals surface area contributed by atoms with Crippen molar-refractivity contribution >= 4 is 0 Å². The predicted molar refractivity (Wildman–Crippen MR) is 111 cm³/mol. The molecule has 0 aromatic carbocycles. The molecule has 1 N–H and O–H groups in total. The van der Waals surface area contributed by atoms with Crippen LogP contribution in [0.2, 0.25) is 0 Å². The van der Waals surface area contributed by atoms with Gasteiger partial charge < -0.3 is 9.72 Å². The molecule has 3 aromatic heterocycles. The molecular formula is C22H24N6O2. The molecule has 1 aliphatic heterocycles. The Morgan fingerprint density at radius 1 is 1.13 bits per heavy atom. The van der Waals surface area contributed by atoms with E-state index in [0.717, 1.165) is 49.2 Å². The molecule has 1 fully saturated rings. The summed E-state index contributed by atoms with van der Waals surface area (Å²) in [6.07, 6.45) is 12.4. The highest BCUT2D eigenvalue weighted by Gasteiger charge is 2.22. The second-order valence-corrected chi connectivity index (χ2v) is 7.96. The summed E-state index contributed by atoms with van der Waals surface area (Å²) in [4.78, 5) is 34.9. The van der Waals surface area contributed by atoms with Crippen molar-refractivity contribution in [1.29, 1.82) is 0 Å². The highest BCUT2D eigenvalue weighted by atomic mass is 16.5. The van der Waals surface area contributed by atoms with Gasteiger partial charge in [-0.25, -0.2) is 19.9 Å². The average molecular weight is 404 g/mol. The van der Waals surface area contributed by atoms with Gasteiger partial charge in [0.2, 0.25) is 5.88 Å². The fourth-order valence-corrected chi connectivity index (χ4v) is 4.18. The maximum atomic E-state index is 12.7. The van der Waals surface area contributed by atoms with Crippen LogP contribution in [0.4, 0.5) is 0 Å². The van der Waals surface area contributed by atoms with E-state index in [1.54, 1.807) is 12.4 Å². The van der Waals surface area contributed by atoms with Crippen molar-refractivity contribution in [2.45, 2.75) is 51.3 Å². The van der Waals surface area contributed by atoms with Crippen molar-refractivity contribution in [1.82, 2.24) is 29.8 Å². The Kier molecular flexibility index (Phi) is 5.23. The first kappa shape index (κ1) is 18.9. The van der Waals surface area contributed by atoms with Gasteiger partial charge in [-0.2, -0.15) is 0 Å². The summed E-state index contributed by atoms with van der Waals surface area (Å²) in [5.74, 6) is 1.22. The zero-order valence-corrected chi connectivity index (χ0v) is 16.8. The molecule has 0 saturated heterocycles. The van der Waals surface area contributed by atoms with Crippen molar-refractivity contribution in [3.63, 3.8) is 0 Å². The van der Waals surface area contributed by atoms with Crippen molar-refractivity contribution < 1.29 is 4.74 Å². The summed E-state index contributed by atoms with van der Waals surface area (Å²) in [6, 6.07) is 4.02. The summed E-state index contributed by atoms with van der Waals surface area (Å²) in [6.45, 7) is 2.15. The molecule has 0 amide bonds. The summed E-state index contributed by atoms with van der Waals surface area (Å²) in [5.41, 5.74) is 3.32. The van der Waals surface area contributed by atoms with E-state index in [1.807, 2.05) is 12.3 Å². The summed E-state index contributed by atoms with van der Waals surface area (Å²) < 4.78 is 5.94. The van der Waals surface area contributed by atoms with Gasteiger partial charge in [-0.15, -0.1) is 0 Å². The molecule has 8 heteroatoms. The fraction of sp³-hybridized carbons (Fsp3) is 0.409. The topological polar surface area (TPSA) is 96.9 Å². The van der Waals surface area contributed by atoms with E-state index in [2.05, 4.69) is 35.9 Å². The molecule has 0 spiro atoms. The Hall–Kier alpha value is -3.13. The number of hydrogen-bond donors (Lipinski definition) is 1. The fourth-order valence-electron chi connectivity index (χ4n) is 4.18. The zero-order valence-electron chi connectivity index (χ0n) is 16.8. The number of nitrogens with one attached hydrogen (secondary N) is 1. The lowest BCUT2D eigenvalue weighted by atomic mass is 10.1. The number of fused-ring (bicyclic) bond motifs is 1. The van der Waals surface area contributed by atoms with Crippen molar-refractivity contribution in [3.8, 4) is 17.3 Å². The largest absolute Gasteiger partial charge is 0.474 e. The van der Waals surface area contributed by atoms with E-state index in [0.29, 0.717) is 29.9 Å². The molecule has 2 aliphatic rings. The lowest BCUT2D eigenvalue weighted by Crippen LogP contribution is -2.35. The van der Waals surface area contributed by atoms with Gasteiger partial charge in [0.15, 0.2) is 0 Å². The quantitative estimate of drug-likeness (QED) is 0.698. The van der Waals surface area contributed by atoms with E-state index in [1.165, 1.54) is 19.2 Å². The lowest BCUT2D eigenvalue weighted by molar-refractivity contribution is 0.201. The number of ether oxygens (including phenoxy) is 1. The molecule has 5 rings (SSSR count). The molecule has 154 valence electrons. The zero-order chi connectivity index (χ0) is 20.3. The van der Waals surface area contributed by atoms with E-state index in [9.17, 15) is 4.79 Å². The molecule has 8 nitrogen and oxygen atoms in total. The summed E-state index contributed by atoms with van der Waals surface area (Å²) in [7, 11) is 0. The van der Waals surface area contributed by atoms with Crippen LogP contribution >= 0.6 is 0 Å². The molecule has 30 heavy (non-hydrogen) atoms. The third-order valence-electron chi connectivity index (χ3n) is 5.78. The van der Waals surface area contributed by atoms with Gasteiger partial charge >= 0.3 is 0 Å². The van der Waals surface area contributed by atoms with Crippen LogP contribution in [0.25, 0.3) is 11.4 Å². The third kappa shape index (κ3) is 4.09. The number of pyridine rings is 1. The van der Waals surface area contributed by atoms with Crippen LogP contribution in [0.1, 0.15) is 42.5 Å². The summed E-state index contributed by atoms with van der Waals surface area (Å²) in [5, 5.41) is 0. The Balaban J connectivity index is 1.26. The maximum Gasteiger partial charge on any atom is 0.255 e. The van der Waals surface area contributed by atoms with Crippen LogP contribution in [-0.2, 0) is 19.5 Å². The second kappa shape index (κ2) is 8.31. The van der Waals surface area contributed by atoms with E-state index >= 15 is 0 Å². The average Bonchev–Trinajstić information content (AvgIpc) is 3.29. The van der Waals surface area contributed by atoms with Crippen LogP contribution < -0.4 is 10.3 Å². The van der Waals surface area contributed by atoms with Crippen LogP contribution in [-0.4, -0.2) is 42.5 Å². The number of aromatic amines is 1. The molecule has 1 aliphatic carbocycles. The minimum absolute atomic E-state index is 0.0954. The van der Waals surface area contributed by atoms with Gasteiger partial charge in [-0.05, 0) is 31.2 Å². The molecular weight excluding hydrogens is 380 g/mol. The van der Waals surface area contributed by atoms with Crippen LogP contribution in [0.3, 0.4) is 0 Å². The van der Waals surface area contributed by atoms with Crippen LogP contribution in [0, 0.1) is 0 Å². The standard InChI is InChI=1S/C22H24N6O2/c29-22-18-13-28(8-7-19(18)26-21(27-22)16-10-23-14-24-11-16)12-15-5-6-20(25-9-15)30-17-3-1-2-4-17/h5-6,9-11,14,17H,1-4,7-8,12-13H2,(H,26,27,29). The maximum absolute atomic E-state index is 12.7. The number of rotatable bonds is 5. The Morgan fingerprint density at radius 2 is 1.97 bits per heavy atom. The van der Waals surface area contributed by atoms with Gasteiger partial charge in [-0.1, -0.05) is 6.07 Å². The number of H-pyrrole nitrogens is 1. The normalized spacial score (nSPS) is 17.1. The Morgan fingerprint density at radius 3 is 2.73 bits per heavy atom. The smallest absolute Gasteiger partial charge is 0.255 e. The molecule has 1 saturated carbocycles. The van der Waals surface area contributed by atoms with E-state index < -0.39 is 0 Å². The number of hydrogen-bond acceptors (Lipinski definition) is 7. The highest BCUT2D eigenvalue weighted by molar-refractivity contribution is 5.52. The van der Waals surface area contributed by atoms with Gasteiger partial charge in [0.25, 0.3) is 5.56 Å². The molecule has 0 bridgehead atoms.